The molecule has 2 rings (SSSR count). The highest BCUT2D eigenvalue weighted by Crippen LogP contribution is 2.19. The topological polar surface area (TPSA) is 49.9 Å². The second-order valence-electron chi connectivity index (χ2n) is 4.54. The normalized spacial score (nSPS) is 21.8. The molecule has 0 fully saturated rings. The number of aromatic nitrogens is 2. The molecule has 1 aromatic heterocycles. The van der Waals surface area contributed by atoms with E-state index >= 15 is 0 Å². The smallest absolute Gasteiger partial charge is 0.0616 e. The minimum atomic E-state index is 0.429. The summed E-state index contributed by atoms with van der Waals surface area (Å²) < 4.78 is 5.41. The fourth-order valence-corrected chi connectivity index (χ4v) is 2.30. The van der Waals surface area contributed by atoms with Gasteiger partial charge in [0.25, 0.3) is 0 Å². The molecular formula is C12H21N3O. The highest BCUT2D eigenvalue weighted by atomic mass is 16.5. The molecule has 0 radical (unpaired) electrons. The molecule has 0 spiro atoms. The number of nitrogens with one attached hydrogen (secondary N) is 2. The van der Waals surface area contributed by atoms with Crippen LogP contribution in [0.15, 0.2) is 6.20 Å². The first kappa shape index (κ1) is 11.6. The molecular weight excluding hydrogens is 202 g/mol. The molecule has 1 aliphatic carbocycles. The summed E-state index contributed by atoms with van der Waals surface area (Å²) in [6.07, 6.45) is 5.33. The second-order valence-corrected chi connectivity index (χ2v) is 4.54. The molecule has 0 saturated heterocycles. The van der Waals surface area contributed by atoms with Crippen LogP contribution in [0.2, 0.25) is 0 Å². The number of ether oxygens (including phenoxy) is 1. The van der Waals surface area contributed by atoms with Crippen LogP contribution in [-0.2, 0) is 17.6 Å². The summed E-state index contributed by atoms with van der Waals surface area (Å²) in [5.41, 5.74) is 2.68. The number of aromatic amines is 1. The van der Waals surface area contributed by atoms with Gasteiger partial charge in [0.15, 0.2) is 0 Å². The van der Waals surface area contributed by atoms with E-state index in [2.05, 4.69) is 22.4 Å². The predicted molar refractivity (Wildman–Crippen MR) is 63.5 cm³/mol. The largest absolute Gasteiger partial charge is 0.380 e. The summed E-state index contributed by atoms with van der Waals surface area (Å²) in [6.45, 7) is 5.80. The number of nitrogens with zero attached hydrogens (tertiary/aromatic N) is 1. The van der Waals surface area contributed by atoms with Crippen LogP contribution in [0.1, 0.15) is 31.5 Å². The first-order valence-corrected chi connectivity index (χ1v) is 6.14. The Kier molecular flexibility index (Phi) is 3.96. The van der Waals surface area contributed by atoms with Gasteiger partial charge < -0.3 is 10.1 Å². The fraction of sp³-hybridized carbons (Fsp3) is 0.750. The molecule has 2 unspecified atom stereocenters. The summed E-state index contributed by atoms with van der Waals surface area (Å²) in [4.78, 5) is 0. The van der Waals surface area contributed by atoms with Crippen LogP contribution in [0, 0.1) is 0 Å². The van der Waals surface area contributed by atoms with E-state index in [0.717, 1.165) is 26.1 Å². The lowest BCUT2D eigenvalue weighted by molar-refractivity contribution is 0.122. The maximum atomic E-state index is 5.41. The Hall–Kier alpha value is -0.870. The lowest BCUT2D eigenvalue weighted by atomic mass is 9.93. The highest BCUT2D eigenvalue weighted by molar-refractivity contribution is 5.21. The zero-order valence-corrected chi connectivity index (χ0v) is 10.1. The van der Waals surface area contributed by atoms with Crippen molar-refractivity contribution < 1.29 is 4.74 Å². The van der Waals surface area contributed by atoms with Crippen LogP contribution in [0.3, 0.4) is 0 Å². The maximum Gasteiger partial charge on any atom is 0.0616 e. The van der Waals surface area contributed by atoms with Gasteiger partial charge in [-0.2, -0.15) is 5.10 Å². The number of hydrogen-bond donors (Lipinski definition) is 2. The van der Waals surface area contributed by atoms with Crippen molar-refractivity contribution in [3.63, 3.8) is 0 Å². The van der Waals surface area contributed by atoms with Gasteiger partial charge in [0, 0.05) is 24.4 Å². The van der Waals surface area contributed by atoms with E-state index in [9.17, 15) is 0 Å². The number of fused-ring (bicyclic) bond motifs is 1. The molecule has 0 aromatic carbocycles. The van der Waals surface area contributed by atoms with E-state index in [-0.39, 0.29) is 0 Å². The van der Waals surface area contributed by atoms with Gasteiger partial charge in [-0.1, -0.05) is 0 Å². The molecule has 4 heteroatoms. The number of aryl methyl sites for hydroxylation is 1. The molecule has 0 bridgehead atoms. The van der Waals surface area contributed by atoms with Crippen molar-refractivity contribution in [1.82, 2.24) is 15.5 Å². The average Bonchev–Trinajstić information content (AvgIpc) is 2.73. The van der Waals surface area contributed by atoms with Crippen LogP contribution in [0.5, 0.6) is 0 Å². The van der Waals surface area contributed by atoms with Crippen molar-refractivity contribution in [2.24, 2.45) is 0 Å². The molecule has 1 aromatic rings. The van der Waals surface area contributed by atoms with Gasteiger partial charge in [-0.3, -0.25) is 5.10 Å². The summed E-state index contributed by atoms with van der Waals surface area (Å²) in [6, 6.07) is 0.999. The Labute approximate surface area is 96.8 Å². The molecule has 1 aliphatic rings. The lowest BCUT2D eigenvalue weighted by Gasteiger charge is -2.26. The average molecular weight is 223 g/mol. The third kappa shape index (κ3) is 2.83. The van der Waals surface area contributed by atoms with Crippen LogP contribution in [0.4, 0.5) is 0 Å². The van der Waals surface area contributed by atoms with Gasteiger partial charge in [-0.15, -0.1) is 0 Å². The van der Waals surface area contributed by atoms with Crippen LogP contribution in [0.25, 0.3) is 0 Å². The molecule has 0 aliphatic heterocycles. The Morgan fingerprint density at radius 2 is 2.56 bits per heavy atom. The van der Waals surface area contributed by atoms with Crippen molar-refractivity contribution in [2.45, 2.75) is 45.2 Å². The number of H-pyrrole nitrogens is 1. The third-order valence-corrected chi connectivity index (χ3v) is 3.11. The van der Waals surface area contributed by atoms with Gasteiger partial charge >= 0.3 is 0 Å². The lowest BCUT2D eigenvalue weighted by Crippen LogP contribution is -2.42. The zero-order valence-electron chi connectivity index (χ0n) is 10.1. The van der Waals surface area contributed by atoms with Gasteiger partial charge in [0.05, 0.1) is 12.8 Å². The standard InChI is InChI=1S/C12H21N3O/c1-3-16-8-9(2)14-11-4-5-12-10(6-11)7-13-15-12/h7,9,11,14H,3-6,8H2,1-2H3,(H,13,15). The van der Waals surface area contributed by atoms with Crippen molar-refractivity contribution >= 4 is 0 Å². The number of hydrogen-bond acceptors (Lipinski definition) is 3. The molecule has 1 heterocycles. The van der Waals surface area contributed by atoms with Gasteiger partial charge in [0.2, 0.25) is 0 Å². The molecule has 2 N–H and O–H groups in total. The molecule has 2 atom stereocenters. The van der Waals surface area contributed by atoms with Gasteiger partial charge in [0.1, 0.15) is 0 Å². The SMILES string of the molecule is CCOCC(C)NC1CCc2[nH]ncc2C1. The van der Waals surface area contributed by atoms with Crippen LogP contribution < -0.4 is 5.32 Å². The Balaban J connectivity index is 1.80. The van der Waals surface area contributed by atoms with Crippen LogP contribution >= 0.6 is 0 Å². The van der Waals surface area contributed by atoms with E-state index < -0.39 is 0 Å². The second kappa shape index (κ2) is 5.46. The molecule has 90 valence electrons. The van der Waals surface area contributed by atoms with E-state index in [0.29, 0.717) is 12.1 Å². The van der Waals surface area contributed by atoms with Crippen LogP contribution in [-0.4, -0.2) is 35.5 Å². The van der Waals surface area contributed by atoms with E-state index in [1.807, 2.05) is 13.1 Å². The molecule has 0 amide bonds. The minimum Gasteiger partial charge on any atom is -0.380 e. The highest BCUT2D eigenvalue weighted by Gasteiger charge is 2.20. The van der Waals surface area contributed by atoms with Gasteiger partial charge in [-0.05, 0) is 38.7 Å². The summed E-state index contributed by atoms with van der Waals surface area (Å²) >= 11 is 0. The zero-order chi connectivity index (χ0) is 11.4. The fourth-order valence-electron chi connectivity index (χ4n) is 2.30. The summed E-state index contributed by atoms with van der Waals surface area (Å²) in [5, 5.41) is 10.8. The molecule has 4 nitrogen and oxygen atoms in total. The summed E-state index contributed by atoms with van der Waals surface area (Å²) in [5.74, 6) is 0. The third-order valence-electron chi connectivity index (χ3n) is 3.11. The van der Waals surface area contributed by atoms with Gasteiger partial charge in [-0.25, -0.2) is 0 Å². The Bertz CT molecular complexity index is 324. The number of rotatable bonds is 5. The Morgan fingerprint density at radius 1 is 1.69 bits per heavy atom. The monoisotopic (exact) mass is 223 g/mol. The molecule has 16 heavy (non-hydrogen) atoms. The van der Waals surface area contributed by atoms with Crippen molar-refractivity contribution in [3.05, 3.63) is 17.5 Å². The van der Waals surface area contributed by atoms with Crippen molar-refractivity contribution in [1.29, 1.82) is 0 Å². The molecule has 0 saturated carbocycles. The van der Waals surface area contributed by atoms with E-state index in [1.165, 1.54) is 17.7 Å². The van der Waals surface area contributed by atoms with Crippen molar-refractivity contribution in [2.75, 3.05) is 13.2 Å². The first-order valence-electron chi connectivity index (χ1n) is 6.14. The van der Waals surface area contributed by atoms with E-state index in [1.54, 1.807) is 0 Å². The van der Waals surface area contributed by atoms with E-state index in [4.69, 9.17) is 4.74 Å². The predicted octanol–water partition coefficient (Wildman–Crippen LogP) is 1.28. The van der Waals surface area contributed by atoms with Crippen molar-refractivity contribution in [3.8, 4) is 0 Å². The minimum absolute atomic E-state index is 0.429. The maximum absolute atomic E-state index is 5.41. The quantitative estimate of drug-likeness (QED) is 0.790. The Morgan fingerprint density at radius 3 is 3.38 bits per heavy atom. The first-order chi connectivity index (χ1) is 7.79. The summed E-state index contributed by atoms with van der Waals surface area (Å²) in [7, 11) is 0.